The van der Waals surface area contributed by atoms with Crippen molar-refractivity contribution in [2.45, 2.75) is 6.18 Å². The number of alkyl halides is 3. The van der Waals surface area contributed by atoms with Gasteiger partial charge in [-0.25, -0.2) is 0 Å². The molecule has 0 spiro atoms. The van der Waals surface area contributed by atoms with Crippen LogP contribution in [0.2, 0.25) is 0 Å². The zero-order valence-electron chi connectivity index (χ0n) is 7.92. The third-order valence-corrected chi connectivity index (χ3v) is 2.93. The fourth-order valence-corrected chi connectivity index (χ4v) is 1.90. The molecule has 0 unspecified atom stereocenters. The first-order chi connectivity index (χ1) is 7.88. The molecule has 0 aliphatic heterocycles. The summed E-state index contributed by atoms with van der Waals surface area (Å²) >= 11 is 5.80. The second-order valence-corrected chi connectivity index (χ2v) is 4.62. The molecule has 0 saturated carbocycles. The summed E-state index contributed by atoms with van der Waals surface area (Å²) in [6, 6.07) is 3.69. The van der Waals surface area contributed by atoms with E-state index in [0.29, 0.717) is 0 Å². The molecule has 0 aliphatic carbocycles. The van der Waals surface area contributed by atoms with E-state index in [0.717, 1.165) is 6.07 Å². The smallest absolute Gasteiger partial charge is 0.333 e. The van der Waals surface area contributed by atoms with Gasteiger partial charge in [0.05, 0.1) is 5.56 Å². The molecule has 1 aromatic carbocycles. The van der Waals surface area contributed by atoms with Crippen LogP contribution in [0.5, 0.6) is 0 Å². The predicted octanol–water partition coefficient (Wildman–Crippen LogP) is 4.28. The molecular weight excluding hydrogens is 369 g/mol. The lowest BCUT2D eigenvalue weighted by Crippen LogP contribution is -2.06. The summed E-state index contributed by atoms with van der Waals surface area (Å²) in [5, 5.41) is 3.44. The molecule has 0 radical (unpaired) electrons. The van der Waals surface area contributed by atoms with Gasteiger partial charge in [0.25, 0.3) is 5.89 Å². The molecule has 0 fully saturated rings. The van der Waals surface area contributed by atoms with Gasteiger partial charge in [-0.1, -0.05) is 15.9 Å². The van der Waals surface area contributed by atoms with Crippen LogP contribution in [0.25, 0.3) is 11.5 Å². The lowest BCUT2D eigenvalue weighted by Gasteiger charge is -2.09. The third-order valence-electron chi connectivity index (χ3n) is 1.92. The van der Waals surface area contributed by atoms with Crippen LogP contribution in [0.4, 0.5) is 13.2 Å². The van der Waals surface area contributed by atoms with E-state index in [1.165, 1.54) is 12.1 Å². The highest BCUT2D eigenvalue weighted by atomic mass is 79.9. The maximum atomic E-state index is 12.6. The van der Waals surface area contributed by atoms with Crippen LogP contribution in [0.15, 0.2) is 31.9 Å². The Hall–Kier alpha value is -0.890. The standard InChI is InChI=1S/C9H3Br2F3N2O/c10-6-2-1-4(3-5(6)9(12,13)14)7-15-8(11)16-17-7/h1-3H. The molecule has 17 heavy (non-hydrogen) atoms. The monoisotopic (exact) mass is 370 g/mol. The van der Waals surface area contributed by atoms with Gasteiger partial charge >= 0.3 is 6.18 Å². The third kappa shape index (κ3) is 2.68. The van der Waals surface area contributed by atoms with Crippen molar-refractivity contribution in [1.29, 1.82) is 0 Å². The molecule has 90 valence electrons. The lowest BCUT2D eigenvalue weighted by molar-refractivity contribution is -0.138. The highest BCUT2D eigenvalue weighted by Crippen LogP contribution is 2.37. The number of hydrogen-bond donors (Lipinski definition) is 0. The minimum absolute atomic E-state index is 0.0230. The van der Waals surface area contributed by atoms with Crippen LogP contribution < -0.4 is 0 Å². The van der Waals surface area contributed by atoms with Crippen molar-refractivity contribution in [3.63, 3.8) is 0 Å². The van der Waals surface area contributed by atoms with E-state index in [4.69, 9.17) is 4.52 Å². The molecule has 0 N–H and O–H groups in total. The van der Waals surface area contributed by atoms with Gasteiger partial charge in [-0.3, -0.25) is 0 Å². The van der Waals surface area contributed by atoms with Crippen molar-refractivity contribution in [3.05, 3.63) is 33.0 Å². The molecule has 2 rings (SSSR count). The average molecular weight is 372 g/mol. The van der Waals surface area contributed by atoms with Crippen LogP contribution >= 0.6 is 31.9 Å². The van der Waals surface area contributed by atoms with Crippen molar-refractivity contribution < 1.29 is 17.7 Å². The summed E-state index contributed by atoms with van der Waals surface area (Å²) in [7, 11) is 0. The van der Waals surface area contributed by atoms with Gasteiger partial charge in [-0.15, -0.1) is 0 Å². The van der Waals surface area contributed by atoms with Crippen LogP contribution in [0.1, 0.15) is 5.56 Å². The molecule has 0 amide bonds. The molecular formula is C9H3Br2F3N2O. The highest BCUT2D eigenvalue weighted by molar-refractivity contribution is 9.10. The van der Waals surface area contributed by atoms with Crippen LogP contribution in [-0.4, -0.2) is 10.1 Å². The molecule has 0 bridgehead atoms. The van der Waals surface area contributed by atoms with Crippen molar-refractivity contribution in [2.75, 3.05) is 0 Å². The van der Waals surface area contributed by atoms with E-state index in [1.807, 2.05) is 0 Å². The van der Waals surface area contributed by atoms with Gasteiger partial charge in [-0.2, -0.15) is 18.2 Å². The number of nitrogens with zero attached hydrogens (tertiary/aromatic N) is 2. The minimum atomic E-state index is -4.44. The molecule has 2 aromatic rings. The number of halogens is 5. The van der Waals surface area contributed by atoms with Gasteiger partial charge in [0.15, 0.2) is 0 Å². The quantitative estimate of drug-likeness (QED) is 0.751. The molecule has 3 nitrogen and oxygen atoms in total. The summed E-state index contributed by atoms with van der Waals surface area (Å²) < 4.78 is 42.8. The molecule has 0 aliphatic rings. The molecule has 1 heterocycles. The molecule has 0 atom stereocenters. The SMILES string of the molecule is FC(F)(F)c1cc(-c2nc(Br)no2)ccc1Br. The Morgan fingerprint density at radius 1 is 1.18 bits per heavy atom. The topological polar surface area (TPSA) is 38.9 Å². The van der Waals surface area contributed by atoms with Crippen molar-refractivity contribution in [2.24, 2.45) is 0 Å². The number of hydrogen-bond acceptors (Lipinski definition) is 3. The van der Waals surface area contributed by atoms with Crippen molar-refractivity contribution >= 4 is 31.9 Å². The molecule has 8 heteroatoms. The summed E-state index contributed by atoms with van der Waals surface area (Å²) in [4.78, 5) is 3.79. The summed E-state index contributed by atoms with van der Waals surface area (Å²) in [6.45, 7) is 0. The Balaban J connectivity index is 2.51. The summed E-state index contributed by atoms with van der Waals surface area (Å²) in [5.41, 5.74) is -0.581. The average Bonchev–Trinajstić information content (AvgIpc) is 2.64. The minimum Gasteiger partial charge on any atom is -0.333 e. The Labute approximate surface area is 110 Å². The van der Waals surface area contributed by atoms with Gasteiger partial charge < -0.3 is 4.52 Å². The van der Waals surface area contributed by atoms with E-state index in [-0.39, 0.29) is 20.7 Å². The fraction of sp³-hybridized carbons (Fsp3) is 0.111. The maximum absolute atomic E-state index is 12.6. The largest absolute Gasteiger partial charge is 0.417 e. The van der Waals surface area contributed by atoms with Crippen molar-refractivity contribution in [3.8, 4) is 11.5 Å². The first kappa shape index (κ1) is 12.6. The second kappa shape index (κ2) is 4.41. The Kier molecular flexibility index (Phi) is 3.26. The number of rotatable bonds is 1. The van der Waals surface area contributed by atoms with Gasteiger partial charge in [0.1, 0.15) is 0 Å². The van der Waals surface area contributed by atoms with Crippen molar-refractivity contribution in [1.82, 2.24) is 10.1 Å². The highest BCUT2D eigenvalue weighted by Gasteiger charge is 2.33. The lowest BCUT2D eigenvalue weighted by atomic mass is 10.1. The zero-order valence-corrected chi connectivity index (χ0v) is 11.1. The zero-order chi connectivity index (χ0) is 12.6. The van der Waals surface area contributed by atoms with Gasteiger partial charge in [0, 0.05) is 10.0 Å². The Morgan fingerprint density at radius 3 is 2.41 bits per heavy atom. The van der Waals surface area contributed by atoms with E-state index in [2.05, 4.69) is 42.0 Å². The summed E-state index contributed by atoms with van der Waals surface area (Å²) in [5.74, 6) is 0.0230. The number of benzene rings is 1. The maximum Gasteiger partial charge on any atom is 0.417 e. The van der Waals surface area contributed by atoms with Crippen LogP contribution in [0.3, 0.4) is 0 Å². The number of aromatic nitrogens is 2. The van der Waals surface area contributed by atoms with Gasteiger partial charge in [-0.05, 0) is 39.3 Å². The fourth-order valence-electron chi connectivity index (χ4n) is 1.20. The first-order valence-corrected chi connectivity index (χ1v) is 5.83. The van der Waals surface area contributed by atoms with Gasteiger partial charge in [0.2, 0.25) is 4.73 Å². The van der Waals surface area contributed by atoms with E-state index in [1.54, 1.807) is 0 Å². The second-order valence-electron chi connectivity index (χ2n) is 3.06. The van der Waals surface area contributed by atoms with E-state index >= 15 is 0 Å². The van der Waals surface area contributed by atoms with Crippen LogP contribution in [0, 0.1) is 0 Å². The normalized spacial score (nSPS) is 11.8. The molecule has 1 aromatic heterocycles. The summed E-state index contributed by atoms with van der Waals surface area (Å²) in [6.07, 6.45) is -4.44. The Bertz CT molecular complexity index is 553. The van der Waals surface area contributed by atoms with Crippen LogP contribution in [-0.2, 0) is 6.18 Å². The molecule has 0 saturated heterocycles. The van der Waals surface area contributed by atoms with E-state index in [9.17, 15) is 13.2 Å². The van der Waals surface area contributed by atoms with E-state index < -0.39 is 11.7 Å². The Morgan fingerprint density at radius 2 is 1.88 bits per heavy atom. The predicted molar refractivity (Wildman–Crippen MR) is 60.1 cm³/mol. The first-order valence-electron chi connectivity index (χ1n) is 4.24.